The van der Waals surface area contributed by atoms with Crippen molar-refractivity contribution in [3.05, 3.63) is 22.8 Å². The quantitative estimate of drug-likeness (QED) is 0.115. The molecular weight excluding hydrogens is 699 g/mol. The number of esters is 1. The third-order valence-corrected chi connectivity index (χ3v) is 5.07. The van der Waals surface area contributed by atoms with Crippen LogP contribution in [0, 0.1) is 16.6 Å². The second kappa shape index (κ2) is 14.3. The van der Waals surface area contributed by atoms with Crippen molar-refractivity contribution < 1.29 is 33.7 Å². The zero-order valence-electron chi connectivity index (χ0n) is 14.7. The summed E-state index contributed by atoms with van der Waals surface area (Å²) >= 11 is 6.70. The summed E-state index contributed by atoms with van der Waals surface area (Å²) in [6.07, 6.45) is 0.222. The number of rotatable bonds is 7. The van der Waals surface area contributed by atoms with Crippen LogP contribution < -0.4 is 5.32 Å². The van der Waals surface area contributed by atoms with Gasteiger partial charge in [0.05, 0.1) is 12.3 Å². The van der Waals surface area contributed by atoms with Gasteiger partial charge in [-0.05, 0) is 93.2 Å². The number of carbonyl (C=O) groups excluding carboxylic acids is 4. The first-order valence-electron chi connectivity index (χ1n) is 7.57. The number of halogens is 3. The number of hydrogen-bond acceptors (Lipinski definition) is 7. The maximum Gasteiger partial charge on any atom is 0.369 e. The van der Waals surface area contributed by atoms with Gasteiger partial charge in [-0.3, -0.25) is 19.3 Å². The Morgan fingerprint density at radius 3 is 2.07 bits per heavy atom. The van der Waals surface area contributed by atoms with Crippen molar-refractivity contribution in [2.24, 2.45) is 5.92 Å². The fourth-order valence-electron chi connectivity index (χ4n) is 1.64. The molecule has 8 nitrogen and oxygen atoms in total. The molecule has 150 valence electrons. The molecule has 0 spiro atoms. The van der Waals surface area contributed by atoms with E-state index >= 15 is 0 Å². The summed E-state index contributed by atoms with van der Waals surface area (Å²) in [6, 6.07) is 4.07. The smallest absolute Gasteiger partial charge is 0.369 e. The van der Waals surface area contributed by atoms with Crippen molar-refractivity contribution in [2.45, 2.75) is 27.2 Å². The third-order valence-electron chi connectivity index (χ3n) is 2.74. The minimum absolute atomic E-state index is 0.0305. The van der Waals surface area contributed by atoms with E-state index in [4.69, 9.17) is 0 Å². The van der Waals surface area contributed by atoms with E-state index in [1.807, 2.05) is 12.1 Å². The zero-order chi connectivity index (χ0) is 21.0. The Morgan fingerprint density at radius 1 is 1.11 bits per heavy atom. The normalized spacial score (nSPS) is 10.6. The first kappa shape index (κ1) is 26.3. The molecule has 27 heavy (non-hydrogen) atoms. The van der Waals surface area contributed by atoms with Crippen LogP contribution in [0.5, 0.6) is 0 Å². The van der Waals surface area contributed by atoms with Gasteiger partial charge in [0.1, 0.15) is 0 Å². The lowest BCUT2D eigenvalue weighted by Crippen LogP contribution is -2.27. The van der Waals surface area contributed by atoms with Crippen LogP contribution in [0.3, 0.4) is 0 Å². The van der Waals surface area contributed by atoms with E-state index in [-0.39, 0.29) is 25.4 Å². The van der Waals surface area contributed by atoms with Gasteiger partial charge in [0.2, 0.25) is 5.91 Å². The van der Waals surface area contributed by atoms with E-state index in [0.717, 1.165) is 12.8 Å². The molecule has 0 saturated heterocycles. The van der Waals surface area contributed by atoms with Gasteiger partial charge < -0.3 is 10.1 Å². The van der Waals surface area contributed by atoms with Crippen molar-refractivity contribution in [3.8, 4) is 0 Å². The molecule has 0 aliphatic rings. The number of amides is 1. The molecule has 1 rings (SSSR count). The molecule has 1 amide bonds. The zero-order valence-corrected chi connectivity index (χ0v) is 21.2. The molecule has 1 atom stereocenters. The van der Waals surface area contributed by atoms with Gasteiger partial charge in [-0.25, -0.2) is 9.68 Å². The largest absolute Gasteiger partial charge is 0.465 e. The van der Waals surface area contributed by atoms with Crippen LogP contribution in [0.25, 0.3) is 0 Å². The molecular formula is C16H18I3NO7. The molecule has 0 bridgehead atoms. The van der Waals surface area contributed by atoms with Gasteiger partial charge in [-0.15, -0.1) is 0 Å². The van der Waals surface area contributed by atoms with Crippen LogP contribution in [0.15, 0.2) is 12.1 Å². The van der Waals surface area contributed by atoms with Crippen molar-refractivity contribution in [1.82, 2.24) is 0 Å². The molecule has 0 aliphatic heterocycles. The summed E-state index contributed by atoms with van der Waals surface area (Å²) in [4.78, 5) is 50.5. The summed E-state index contributed by atoms with van der Waals surface area (Å²) in [5.74, 6) is -2.69. The van der Waals surface area contributed by atoms with Crippen LogP contribution in [0.4, 0.5) is 5.69 Å². The van der Waals surface area contributed by atoms with Gasteiger partial charge in [0, 0.05) is 17.6 Å². The summed E-state index contributed by atoms with van der Waals surface area (Å²) in [5, 5.41) is 2.81. The number of nitrogens with one attached hydrogen (secondary N) is 1. The topological polar surface area (TPSA) is 108 Å². The fourth-order valence-corrected chi connectivity index (χ4v) is 5.49. The third kappa shape index (κ3) is 10.4. The predicted octanol–water partition coefficient (Wildman–Crippen LogP) is 3.67. The predicted molar refractivity (Wildman–Crippen MR) is 123 cm³/mol. The second-order valence-corrected chi connectivity index (χ2v) is 8.30. The molecule has 1 N–H and O–H groups in total. The van der Waals surface area contributed by atoms with Crippen molar-refractivity contribution >= 4 is 97.8 Å². The minimum atomic E-state index is -1.05. The van der Waals surface area contributed by atoms with Crippen LogP contribution in [-0.2, 0) is 33.7 Å². The highest BCUT2D eigenvalue weighted by molar-refractivity contribution is 14.1. The van der Waals surface area contributed by atoms with Gasteiger partial charge >= 0.3 is 18.4 Å². The molecule has 0 fully saturated rings. The highest BCUT2D eigenvalue weighted by Gasteiger charge is 2.29. The molecule has 0 radical (unpaired) electrons. The number of carbonyl (C=O) groups is 4. The van der Waals surface area contributed by atoms with Crippen molar-refractivity contribution in [2.75, 3.05) is 11.9 Å². The van der Waals surface area contributed by atoms with Gasteiger partial charge in [0.15, 0.2) is 5.92 Å². The van der Waals surface area contributed by atoms with E-state index in [1.165, 1.54) is 10.5 Å². The number of benzene rings is 1. The van der Waals surface area contributed by atoms with E-state index in [9.17, 15) is 19.2 Å². The van der Waals surface area contributed by atoms with E-state index in [0.29, 0.717) is 0 Å². The lowest BCUT2D eigenvalue weighted by atomic mass is 10.1. The van der Waals surface area contributed by atoms with Crippen LogP contribution >= 0.6 is 67.8 Å². The van der Waals surface area contributed by atoms with E-state index in [1.54, 1.807) is 13.8 Å². The van der Waals surface area contributed by atoms with Crippen molar-refractivity contribution in [1.29, 1.82) is 0 Å². The summed E-state index contributed by atoms with van der Waals surface area (Å²) in [7, 11) is 0. The molecule has 0 aromatic heterocycles. The Hall–Kier alpha value is -0.710. The first-order chi connectivity index (χ1) is 12.7. The molecule has 11 heteroatoms. The van der Waals surface area contributed by atoms with Gasteiger partial charge in [0.25, 0.3) is 0 Å². The molecule has 0 saturated carbocycles. The Kier molecular flexibility index (Phi) is 13.9. The Morgan fingerprint density at radius 2 is 1.67 bits per heavy atom. The Bertz CT molecular complexity index is 659. The Balaban J connectivity index is 0.000000501. The van der Waals surface area contributed by atoms with Crippen LogP contribution in [-0.4, -0.2) is 30.9 Å². The van der Waals surface area contributed by atoms with Gasteiger partial charge in [-0.1, -0.05) is 6.92 Å². The number of ether oxygens (including phenoxy) is 1. The molecule has 1 aromatic rings. The maximum atomic E-state index is 11.1. The number of hydrogen-bond donors (Lipinski definition) is 1. The monoisotopic (exact) mass is 717 g/mol. The van der Waals surface area contributed by atoms with Crippen LogP contribution in [0.1, 0.15) is 27.2 Å². The molecule has 1 aromatic carbocycles. The molecule has 1 unspecified atom stereocenters. The highest BCUT2D eigenvalue weighted by Crippen LogP contribution is 2.27. The lowest BCUT2D eigenvalue weighted by molar-refractivity contribution is -0.252. The van der Waals surface area contributed by atoms with Crippen molar-refractivity contribution in [3.63, 3.8) is 0 Å². The number of anilines is 1. The summed E-state index contributed by atoms with van der Waals surface area (Å²) in [6.45, 7) is 4.89. The maximum absolute atomic E-state index is 11.1. The minimum Gasteiger partial charge on any atom is -0.465 e. The van der Waals surface area contributed by atoms with Crippen LogP contribution in [0.2, 0.25) is 0 Å². The lowest BCUT2D eigenvalue weighted by Gasteiger charge is -2.09. The van der Waals surface area contributed by atoms with E-state index in [2.05, 4.69) is 87.6 Å². The standard InChI is InChI=1S/C8H6I3NO.C8H12O6/c1-4(13)12-8-6(10)2-5(9)3-7(8)11;1-3-6(7(10)12-4-2)8(11)14-13-5-9/h2-3H,1H3,(H,12,13);5-6H,3-4H2,1-2H3. The van der Waals surface area contributed by atoms with E-state index < -0.39 is 17.9 Å². The summed E-state index contributed by atoms with van der Waals surface area (Å²) < 4.78 is 7.94. The average molecular weight is 717 g/mol. The average Bonchev–Trinajstić information content (AvgIpc) is 2.57. The first-order valence-corrected chi connectivity index (χ1v) is 10.8. The molecule has 0 heterocycles. The second-order valence-electron chi connectivity index (χ2n) is 4.73. The highest BCUT2D eigenvalue weighted by atomic mass is 127. The molecule has 0 aliphatic carbocycles. The SMILES string of the molecule is CC(=O)Nc1c(I)cc(I)cc1I.CCOC(=O)C(CC)C(=O)OOC=O. The summed E-state index contributed by atoms with van der Waals surface area (Å²) in [5.41, 5.74) is 0.911. The van der Waals surface area contributed by atoms with Gasteiger partial charge in [-0.2, -0.15) is 0 Å². The Labute approximate surface area is 197 Å². The fraction of sp³-hybridized carbons (Fsp3) is 0.375.